The van der Waals surface area contributed by atoms with Crippen LogP contribution in [0.15, 0.2) is 36.0 Å². The van der Waals surface area contributed by atoms with E-state index in [2.05, 4.69) is 46.8 Å². The van der Waals surface area contributed by atoms with E-state index < -0.39 is 5.97 Å². The predicted molar refractivity (Wildman–Crippen MR) is 107 cm³/mol. The van der Waals surface area contributed by atoms with E-state index in [-0.39, 0.29) is 6.10 Å². The summed E-state index contributed by atoms with van der Waals surface area (Å²) in [6.07, 6.45) is 12.2. The molecule has 0 unspecified atom stereocenters. The molecule has 2 saturated carbocycles. The van der Waals surface area contributed by atoms with Crippen LogP contribution in [0.3, 0.4) is 0 Å². The molecule has 2 aliphatic rings. The van der Waals surface area contributed by atoms with E-state index in [1.165, 1.54) is 11.6 Å². The molecule has 0 aromatic heterocycles. The van der Waals surface area contributed by atoms with Crippen molar-refractivity contribution in [3.63, 3.8) is 0 Å². The lowest BCUT2D eigenvalue weighted by Gasteiger charge is -2.52. The van der Waals surface area contributed by atoms with E-state index in [1.54, 1.807) is 6.08 Å². The second-order valence-electron chi connectivity index (χ2n) is 8.92. The van der Waals surface area contributed by atoms with Crippen LogP contribution in [0.1, 0.15) is 53.9 Å². The van der Waals surface area contributed by atoms with Gasteiger partial charge in [0.2, 0.25) is 0 Å². The summed E-state index contributed by atoms with van der Waals surface area (Å²) >= 11 is 0. The SMILES string of the molecule is C/C(=C/C(C)C)[C@H]1[C@@H](/C=C/C=C/C(=O)O)[C@H]2[C@@H](C[C@H]1C)[C@@H](O)CC[C@@H]2C. The maximum absolute atomic E-state index is 10.8. The van der Waals surface area contributed by atoms with Crippen LogP contribution in [0.2, 0.25) is 0 Å². The van der Waals surface area contributed by atoms with Crippen LogP contribution >= 0.6 is 0 Å². The normalized spacial score (nSPS) is 38.9. The summed E-state index contributed by atoms with van der Waals surface area (Å²) in [6.45, 7) is 11.3. The Hall–Kier alpha value is -1.35. The van der Waals surface area contributed by atoms with Crippen molar-refractivity contribution in [2.24, 2.45) is 41.4 Å². The summed E-state index contributed by atoms with van der Waals surface area (Å²) in [7, 11) is 0. The highest BCUT2D eigenvalue weighted by atomic mass is 16.4. The van der Waals surface area contributed by atoms with E-state index in [4.69, 9.17) is 5.11 Å². The molecule has 26 heavy (non-hydrogen) atoms. The largest absolute Gasteiger partial charge is 0.478 e. The second-order valence-corrected chi connectivity index (χ2v) is 8.92. The molecule has 0 saturated heterocycles. The van der Waals surface area contributed by atoms with Crippen molar-refractivity contribution < 1.29 is 15.0 Å². The van der Waals surface area contributed by atoms with Crippen LogP contribution in [0.25, 0.3) is 0 Å². The number of hydrogen-bond donors (Lipinski definition) is 2. The smallest absolute Gasteiger partial charge is 0.328 e. The highest BCUT2D eigenvalue weighted by Crippen LogP contribution is 2.53. The zero-order chi connectivity index (χ0) is 19.4. The van der Waals surface area contributed by atoms with Gasteiger partial charge in [-0.15, -0.1) is 0 Å². The van der Waals surface area contributed by atoms with Gasteiger partial charge < -0.3 is 10.2 Å². The summed E-state index contributed by atoms with van der Waals surface area (Å²) in [4.78, 5) is 10.8. The Bertz CT molecular complexity index is 572. The van der Waals surface area contributed by atoms with Gasteiger partial charge in [0.1, 0.15) is 0 Å². The Morgan fingerprint density at radius 1 is 1.12 bits per heavy atom. The topological polar surface area (TPSA) is 57.5 Å². The molecule has 146 valence electrons. The molecule has 0 aliphatic heterocycles. The van der Waals surface area contributed by atoms with E-state index >= 15 is 0 Å². The minimum Gasteiger partial charge on any atom is -0.478 e. The molecule has 0 spiro atoms. The number of carboxylic acids is 1. The molecule has 0 heterocycles. The zero-order valence-corrected chi connectivity index (χ0v) is 16.9. The Morgan fingerprint density at radius 3 is 2.42 bits per heavy atom. The fourth-order valence-corrected chi connectivity index (χ4v) is 5.66. The molecule has 0 aromatic rings. The zero-order valence-electron chi connectivity index (χ0n) is 16.9. The minimum atomic E-state index is -0.918. The fraction of sp³-hybridized carbons (Fsp3) is 0.696. The van der Waals surface area contributed by atoms with Crippen LogP contribution in [-0.2, 0) is 4.79 Å². The van der Waals surface area contributed by atoms with Crippen molar-refractivity contribution in [2.45, 2.75) is 60.0 Å². The van der Waals surface area contributed by atoms with Crippen LogP contribution in [0.4, 0.5) is 0 Å². The molecule has 2 fully saturated rings. The third kappa shape index (κ3) is 4.88. The quantitative estimate of drug-likeness (QED) is 0.408. The lowest BCUT2D eigenvalue weighted by Crippen LogP contribution is -2.48. The van der Waals surface area contributed by atoms with Crippen LogP contribution < -0.4 is 0 Å². The number of hydrogen-bond acceptors (Lipinski definition) is 2. The van der Waals surface area contributed by atoms with Crippen molar-refractivity contribution in [3.8, 4) is 0 Å². The Labute approximate surface area is 158 Å². The highest BCUT2D eigenvalue weighted by Gasteiger charge is 2.48. The first-order valence-corrected chi connectivity index (χ1v) is 10.2. The summed E-state index contributed by atoms with van der Waals surface area (Å²) in [5.41, 5.74) is 1.44. The summed E-state index contributed by atoms with van der Waals surface area (Å²) in [6, 6.07) is 0. The third-order valence-corrected chi connectivity index (χ3v) is 6.48. The number of aliphatic hydroxyl groups is 1. The predicted octanol–water partition coefficient (Wildman–Crippen LogP) is 5.08. The van der Waals surface area contributed by atoms with Crippen molar-refractivity contribution >= 4 is 5.97 Å². The molecular formula is C23H36O3. The van der Waals surface area contributed by atoms with E-state index in [9.17, 15) is 9.90 Å². The van der Waals surface area contributed by atoms with Crippen molar-refractivity contribution in [1.29, 1.82) is 0 Å². The highest BCUT2D eigenvalue weighted by molar-refractivity contribution is 5.80. The number of aliphatic hydroxyl groups excluding tert-OH is 1. The standard InChI is InChI=1S/C23H36O3/c1-14(2)12-16(4)22-17(5)13-19-20(24)11-10-15(3)23(19)18(22)8-6-7-9-21(25)26/h6-9,12,14-15,17-20,22-24H,10-11,13H2,1-5H3,(H,25,26)/b8-6+,9-7+,16-12-/t15-,17+,18+,19-,20-,22+,23-/m0/s1. The monoisotopic (exact) mass is 360 g/mol. The fourth-order valence-electron chi connectivity index (χ4n) is 5.66. The molecule has 2 N–H and O–H groups in total. The van der Waals surface area contributed by atoms with E-state index in [1.807, 2.05) is 6.08 Å². The number of rotatable bonds is 5. The van der Waals surface area contributed by atoms with Crippen LogP contribution in [-0.4, -0.2) is 22.3 Å². The number of carboxylic acid groups (broad SMARTS) is 1. The van der Waals surface area contributed by atoms with E-state index in [0.717, 1.165) is 19.3 Å². The maximum Gasteiger partial charge on any atom is 0.328 e. The summed E-state index contributed by atoms with van der Waals surface area (Å²) in [5.74, 6) is 2.33. The maximum atomic E-state index is 10.8. The molecule has 3 nitrogen and oxygen atoms in total. The van der Waals surface area contributed by atoms with Gasteiger partial charge in [-0.1, -0.05) is 57.6 Å². The minimum absolute atomic E-state index is 0.195. The van der Waals surface area contributed by atoms with Crippen molar-refractivity contribution in [1.82, 2.24) is 0 Å². The van der Waals surface area contributed by atoms with Gasteiger partial charge in [-0.25, -0.2) is 4.79 Å². The van der Waals surface area contributed by atoms with Gasteiger partial charge >= 0.3 is 5.97 Å². The van der Waals surface area contributed by atoms with Gasteiger partial charge in [-0.05, 0) is 67.6 Å². The van der Waals surface area contributed by atoms with Gasteiger partial charge in [0.15, 0.2) is 0 Å². The Kier molecular flexibility index (Phi) is 7.28. The molecule has 0 amide bonds. The lowest BCUT2D eigenvalue weighted by atomic mass is 9.53. The van der Waals surface area contributed by atoms with Crippen LogP contribution in [0, 0.1) is 41.4 Å². The van der Waals surface area contributed by atoms with Gasteiger partial charge in [-0.2, -0.15) is 0 Å². The number of fused-ring (bicyclic) bond motifs is 1. The molecule has 3 heteroatoms. The van der Waals surface area contributed by atoms with Crippen molar-refractivity contribution in [3.05, 3.63) is 36.0 Å². The van der Waals surface area contributed by atoms with Crippen molar-refractivity contribution in [2.75, 3.05) is 0 Å². The van der Waals surface area contributed by atoms with Gasteiger partial charge in [0, 0.05) is 6.08 Å². The average molecular weight is 361 g/mol. The molecular weight excluding hydrogens is 324 g/mol. The number of allylic oxidation sites excluding steroid dienone is 5. The Balaban J connectivity index is 2.39. The summed E-state index contributed by atoms with van der Waals surface area (Å²) < 4.78 is 0. The number of aliphatic carboxylic acids is 1. The lowest BCUT2D eigenvalue weighted by molar-refractivity contribution is -0.131. The first kappa shape index (κ1) is 21.0. The first-order chi connectivity index (χ1) is 12.2. The molecule has 2 aliphatic carbocycles. The van der Waals surface area contributed by atoms with Gasteiger partial charge in [0.05, 0.1) is 6.10 Å². The second kappa shape index (κ2) is 9.03. The molecule has 2 rings (SSSR count). The third-order valence-electron chi connectivity index (χ3n) is 6.48. The Morgan fingerprint density at radius 2 is 1.81 bits per heavy atom. The van der Waals surface area contributed by atoms with Gasteiger partial charge in [-0.3, -0.25) is 0 Å². The first-order valence-electron chi connectivity index (χ1n) is 10.2. The van der Waals surface area contributed by atoms with E-state index in [0.29, 0.717) is 41.4 Å². The number of carbonyl (C=O) groups is 1. The molecule has 7 atom stereocenters. The molecule has 0 bridgehead atoms. The molecule has 0 radical (unpaired) electrons. The average Bonchev–Trinajstić information content (AvgIpc) is 2.53. The summed E-state index contributed by atoms with van der Waals surface area (Å²) in [5, 5.41) is 19.5. The molecule has 0 aromatic carbocycles. The van der Waals surface area contributed by atoms with Gasteiger partial charge in [0.25, 0.3) is 0 Å². The van der Waals surface area contributed by atoms with Crippen LogP contribution in [0.5, 0.6) is 0 Å².